The van der Waals surface area contributed by atoms with Crippen LogP contribution in [0.25, 0.3) is 0 Å². The second-order valence-electron chi connectivity index (χ2n) is 8.01. The molecular formula is C21H28FN3O3. The van der Waals surface area contributed by atoms with Crippen molar-refractivity contribution in [3.8, 4) is 5.75 Å². The van der Waals surface area contributed by atoms with Crippen LogP contribution < -0.4 is 15.8 Å². The fourth-order valence-electron chi connectivity index (χ4n) is 3.42. The highest BCUT2D eigenvalue weighted by molar-refractivity contribution is 6.03. The molecule has 7 heteroatoms. The zero-order valence-electron chi connectivity index (χ0n) is 16.5. The van der Waals surface area contributed by atoms with Crippen molar-refractivity contribution in [2.75, 3.05) is 13.3 Å². The van der Waals surface area contributed by atoms with Crippen LogP contribution in [0.4, 0.5) is 4.39 Å². The number of ether oxygens (including phenoxy) is 1. The van der Waals surface area contributed by atoms with Gasteiger partial charge in [0.05, 0.1) is 5.54 Å². The number of nitrogens with one attached hydrogen (secondary N) is 1. The number of rotatable bonds is 9. The van der Waals surface area contributed by atoms with E-state index in [1.54, 1.807) is 19.1 Å². The van der Waals surface area contributed by atoms with E-state index in [-0.39, 0.29) is 18.3 Å². The summed E-state index contributed by atoms with van der Waals surface area (Å²) in [5, 5.41) is 2.96. The summed E-state index contributed by atoms with van der Waals surface area (Å²) in [6, 6.07) is 5.29. The van der Waals surface area contributed by atoms with E-state index in [0.29, 0.717) is 29.6 Å². The molecule has 1 aromatic carbocycles. The summed E-state index contributed by atoms with van der Waals surface area (Å²) >= 11 is 0. The van der Waals surface area contributed by atoms with Gasteiger partial charge in [-0.2, -0.15) is 4.99 Å². The van der Waals surface area contributed by atoms with Gasteiger partial charge in [0.1, 0.15) is 24.9 Å². The normalized spacial score (nSPS) is 19.0. The largest absolute Gasteiger partial charge is 0.491 e. The van der Waals surface area contributed by atoms with Crippen molar-refractivity contribution in [2.24, 2.45) is 16.6 Å². The van der Waals surface area contributed by atoms with E-state index in [1.165, 1.54) is 6.92 Å². The molecule has 2 saturated carbocycles. The maximum atomic E-state index is 12.9. The molecule has 2 fully saturated rings. The van der Waals surface area contributed by atoms with Crippen LogP contribution in [0.5, 0.6) is 5.75 Å². The van der Waals surface area contributed by atoms with Gasteiger partial charge in [0, 0.05) is 12.5 Å². The second kappa shape index (κ2) is 8.29. The van der Waals surface area contributed by atoms with Crippen LogP contribution >= 0.6 is 0 Å². The summed E-state index contributed by atoms with van der Waals surface area (Å²) in [5.41, 5.74) is 6.60. The van der Waals surface area contributed by atoms with E-state index < -0.39 is 18.1 Å². The average molecular weight is 389 g/mol. The lowest BCUT2D eigenvalue weighted by molar-refractivity contribution is -0.115. The van der Waals surface area contributed by atoms with Gasteiger partial charge in [0.2, 0.25) is 5.91 Å². The average Bonchev–Trinajstić information content (AvgIpc) is 3.53. The molecular weight excluding hydrogens is 361 g/mol. The quantitative estimate of drug-likeness (QED) is 0.501. The van der Waals surface area contributed by atoms with Crippen molar-refractivity contribution in [3.05, 3.63) is 29.3 Å². The van der Waals surface area contributed by atoms with Crippen molar-refractivity contribution >= 4 is 17.6 Å². The van der Waals surface area contributed by atoms with E-state index in [4.69, 9.17) is 10.5 Å². The van der Waals surface area contributed by atoms with E-state index >= 15 is 0 Å². The third-order valence-electron chi connectivity index (χ3n) is 5.25. The first-order valence-corrected chi connectivity index (χ1v) is 9.83. The standard InChI is InChI=1S/C21H28FN3O3/c1-13(26)24-20(23)21(2,12-14-3-4-14)25-19(27)16-7-8-17(15-5-6-15)18(11-16)28-10-9-22/h7-8,11,14-15H,3-6,9-10,12H2,1-2H3,(H,25,27)(H2,23,24,26)/t21-/m0/s1. The molecule has 0 aromatic heterocycles. The Balaban J connectivity index is 1.81. The van der Waals surface area contributed by atoms with Crippen LogP contribution in [-0.4, -0.2) is 36.5 Å². The van der Waals surface area contributed by atoms with Gasteiger partial charge in [-0.15, -0.1) is 0 Å². The first-order chi connectivity index (χ1) is 13.3. The molecule has 0 heterocycles. The van der Waals surface area contributed by atoms with E-state index in [2.05, 4.69) is 10.3 Å². The highest BCUT2D eigenvalue weighted by Crippen LogP contribution is 2.44. The lowest BCUT2D eigenvalue weighted by Gasteiger charge is -2.30. The number of halogens is 1. The van der Waals surface area contributed by atoms with Gasteiger partial charge in [-0.25, -0.2) is 4.39 Å². The molecule has 3 rings (SSSR count). The molecule has 2 aliphatic carbocycles. The third kappa shape index (κ3) is 5.09. The highest BCUT2D eigenvalue weighted by Gasteiger charge is 2.38. The summed E-state index contributed by atoms with van der Waals surface area (Å²) in [4.78, 5) is 28.2. The van der Waals surface area contributed by atoms with Crippen molar-refractivity contribution in [1.82, 2.24) is 5.32 Å². The molecule has 1 atom stereocenters. The van der Waals surface area contributed by atoms with E-state index in [1.807, 2.05) is 6.07 Å². The molecule has 0 saturated heterocycles. The number of hydrogen-bond donors (Lipinski definition) is 2. The third-order valence-corrected chi connectivity index (χ3v) is 5.25. The Hall–Kier alpha value is -2.44. The smallest absolute Gasteiger partial charge is 0.252 e. The van der Waals surface area contributed by atoms with Crippen LogP contribution in [0.3, 0.4) is 0 Å². The highest BCUT2D eigenvalue weighted by atomic mass is 19.1. The fourth-order valence-corrected chi connectivity index (χ4v) is 3.42. The van der Waals surface area contributed by atoms with Crippen LogP contribution in [-0.2, 0) is 4.79 Å². The van der Waals surface area contributed by atoms with Gasteiger partial charge in [-0.1, -0.05) is 18.9 Å². The van der Waals surface area contributed by atoms with Crippen molar-refractivity contribution in [2.45, 2.75) is 57.4 Å². The summed E-state index contributed by atoms with van der Waals surface area (Å²) < 4.78 is 18.1. The second-order valence-corrected chi connectivity index (χ2v) is 8.01. The van der Waals surface area contributed by atoms with Gasteiger partial charge in [-0.3, -0.25) is 9.59 Å². The number of alkyl halides is 1. The van der Waals surface area contributed by atoms with Crippen LogP contribution in [0.15, 0.2) is 23.2 Å². The number of carbonyl (C=O) groups is 2. The zero-order valence-corrected chi connectivity index (χ0v) is 16.5. The molecule has 0 unspecified atom stereocenters. The monoisotopic (exact) mass is 389 g/mol. The number of nitrogens with zero attached hydrogens (tertiary/aromatic N) is 1. The number of benzene rings is 1. The number of hydrogen-bond acceptors (Lipinski definition) is 3. The van der Waals surface area contributed by atoms with Crippen molar-refractivity contribution in [3.63, 3.8) is 0 Å². The summed E-state index contributed by atoms with van der Waals surface area (Å²) in [6.45, 7) is 2.50. The van der Waals surface area contributed by atoms with Gasteiger partial charge >= 0.3 is 0 Å². The minimum Gasteiger partial charge on any atom is -0.491 e. The molecule has 0 aliphatic heterocycles. The molecule has 3 N–H and O–H groups in total. The minimum atomic E-state index is -0.904. The summed E-state index contributed by atoms with van der Waals surface area (Å²) in [5.74, 6) is 0.837. The minimum absolute atomic E-state index is 0.0393. The van der Waals surface area contributed by atoms with E-state index in [9.17, 15) is 14.0 Å². The molecule has 1 aromatic rings. The summed E-state index contributed by atoms with van der Waals surface area (Å²) in [6.07, 6.45) is 4.95. The first-order valence-electron chi connectivity index (χ1n) is 9.83. The predicted octanol–water partition coefficient (Wildman–Crippen LogP) is 3.10. The molecule has 2 aliphatic rings. The lowest BCUT2D eigenvalue weighted by atomic mass is 9.92. The Bertz CT molecular complexity index is 787. The SMILES string of the molecule is CC(=O)N=C(N)[C@](C)(CC1CC1)NC(=O)c1ccc(C2CC2)c(OCCF)c1. The maximum absolute atomic E-state index is 12.9. The number of aliphatic imine (C=N–C) groups is 1. The number of nitrogens with two attached hydrogens (primary N) is 1. The van der Waals surface area contributed by atoms with Crippen molar-refractivity contribution in [1.29, 1.82) is 0 Å². The van der Waals surface area contributed by atoms with Gasteiger partial charge in [0.25, 0.3) is 5.91 Å². The molecule has 2 amide bonds. The maximum Gasteiger partial charge on any atom is 0.252 e. The Morgan fingerprint density at radius 2 is 2.04 bits per heavy atom. The van der Waals surface area contributed by atoms with Crippen molar-refractivity contribution < 1.29 is 18.7 Å². The zero-order chi connectivity index (χ0) is 20.3. The predicted molar refractivity (Wildman–Crippen MR) is 105 cm³/mol. The van der Waals surface area contributed by atoms with Crippen LogP contribution in [0.2, 0.25) is 0 Å². The van der Waals surface area contributed by atoms with E-state index in [0.717, 1.165) is 31.2 Å². The van der Waals surface area contributed by atoms with Gasteiger partial charge in [-0.05, 0) is 55.7 Å². The Kier molecular flexibility index (Phi) is 6.01. The van der Waals surface area contributed by atoms with Crippen LogP contribution in [0, 0.1) is 5.92 Å². The Morgan fingerprint density at radius 1 is 1.32 bits per heavy atom. The topological polar surface area (TPSA) is 93.8 Å². The molecule has 0 spiro atoms. The van der Waals surface area contributed by atoms with Gasteiger partial charge in [0.15, 0.2) is 0 Å². The fraction of sp³-hybridized carbons (Fsp3) is 0.571. The molecule has 28 heavy (non-hydrogen) atoms. The number of amidine groups is 1. The van der Waals surface area contributed by atoms with Gasteiger partial charge < -0.3 is 15.8 Å². The molecule has 0 bridgehead atoms. The molecule has 0 radical (unpaired) electrons. The lowest BCUT2D eigenvalue weighted by Crippen LogP contribution is -2.56. The summed E-state index contributed by atoms with van der Waals surface area (Å²) in [7, 11) is 0. The Morgan fingerprint density at radius 3 is 2.61 bits per heavy atom. The first kappa shape index (κ1) is 20.3. The van der Waals surface area contributed by atoms with Crippen LogP contribution in [0.1, 0.15) is 67.8 Å². The Labute approximate surface area is 164 Å². The molecule has 152 valence electrons. The number of carbonyl (C=O) groups excluding carboxylic acids is 2. The number of amides is 2. The molecule has 6 nitrogen and oxygen atoms in total.